The number of aromatic nitrogens is 3. The predicted octanol–water partition coefficient (Wildman–Crippen LogP) is 3.68. The molecule has 27 heavy (non-hydrogen) atoms. The molecule has 1 fully saturated rings. The SMILES string of the molecule is CCn1cnnc1-c1cccc(NC(=O)NCCO[C@@H]2CCCC[C@H]2C)c1. The van der Waals surface area contributed by atoms with Crippen LogP contribution in [0.3, 0.4) is 0 Å². The van der Waals surface area contributed by atoms with E-state index in [0.29, 0.717) is 25.2 Å². The van der Waals surface area contributed by atoms with Crippen molar-refractivity contribution in [2.75, 3.05) is 18.5 Å². The van der Waals surface area contributed by atoms with Crippen LogP contribution in [0.2, 0.25) is 0 Å². The number of anilines is 1. The van der Waals surface area contributed by atoms with Crippen LogP contribution >= 0.6 is 0 Å². The van der Waals surface area contributed by atoms with Crippen molar-refractivity contribution in [2.45, 2.75) is 52.2 Å². The maximum atomic E-state index is 12.1. The van der Waals surface area contributed by atoms with Crippen molar-refractivity contribution in [3.63, 3.8) is 0 Å². The predicted molar refractivity (Wildman–Crippen MR) is 106 cm³/mol. The molecule has 1 aliphatic rings. The largest absolute Gasteiger partial charge is 0.376 e. The van der Waals surface area contributed by atoms with E-state index < -0.39 is 0 Å². The topological polar surface area (TPSA) is 81.1 Å². The smallest absolute Gasteiger partial charge is 0.319 e. The highest BCUT2D eigenvalue weighted by Gasteiger charge is 2.21. The summed E-state index contributed by atoms with van der Waals surface area (Å²) in [5, 5.41) is 13.8. The molecule has 2 amide bonds. The Morgan fingerprint density at radius 1 is 1.33 bits per heavy atom. The average molecular weight is 371 g/mol. The van der Waals surface area contributed by atoms with Gasteiger partial charge in [0.15, 0.2) is 5.82 Å². The van der Waals surface area contributed by atoms with Gasteiger partial charge in [-0.1, -0.05) is 31.9 Å². The van der Waals surface area contributed by atoms with E-state index in [-0.39, 0.29) is 6.03 Å². The molecule has 146 valence electrons. The summed E-state index contributed by atoms with van der Waals surface area (Å²) in [7, 11) is 0. The van der Waals surface area contributed by atoms with Crippen molar-refractivity contribution >= 4 is 11.7 Å². The number of nitrogens with one attached hydrogen (secondary N) is 2. The van der Waals surface area contributed by atoms with Gasteiger partial charge in [-0.3, -0.25) is 0 Å². The van der Waals surface area contributed by atoms with Crippen molar-refractivity contribution in [3.8, 4) is 11.4 Å². The summed E-state index contributed by atoms with van der Waals surface area (Å²) in [6.45, 7) is 6.12. The van der Waals surface area contributed by atoms with Gasteiger partial charge in [-0.15, -0.1) is 10.2 Å². The Hall–Kier alpha value is -2.41. The van der Waals surface area contributed by atoms with E-state index in [0.717, 1.165) is 30.0 Å². The Balaban J connectivity index is 1.46. The van der Waals surface area contributed by atoms with E-state index in [4.69, 9.17) is 4.74 Å². The first-order chi connectivity index (χ1) is 13.2. The van der Waals surface area contributed by atoms with Crippen LogP contribution in [-0.2, 0) is 11.3 Å². The Labute approximate surface area is 160 Å². The molecule has 2 N–H and O–H groups in total. The second-order valence-corrected chi connectivity index (χ2v) is 7.07. The Morgan fingerprint density at radius 2 is 2.19 bits per heavy atom. The fourth-order valence-corrected chi connectivity index (χ4v) is 3.53. The average Bonchev–Trinajstić information content (AvgIpc) is 3.15. The lowest BCUT2D eigenvalue weighted by molar-refractivity contribution is -0.00232. The van der Waals surface area contributed by atoms with Gasteiger partial charge >= 0.3 is 6.03 Å². The molecular weight excluding hydrogens is 342 g/mol. The lowest BCUT2D eigenvalue weighted by Crippen LogP contribution is -2.34. The third-order valence-electron chi connectivity index (χ3n) is 5.09. The number of aryl methyl sites for hydroxylation is 1. The second-order valence-electron chi connectivity index (χ2n) is 7.07. The summed E-state index contributed by atoms with van der Waals surface area (Å²) >= 11 is 0. The fourth-order valence-electron chi connectivity index (χ4n) is 3.53. The molecule has 0 spiro atoms. The molecule has 1 heterocycles. The first-order valence-electron chi connectivity index (χ1n) is 9.82. The minimum absolute atomic E-state index is 0.232. The summed E-state index contributed by atoms with van der Waals surface area (Å²) in [6.07, 6.45) is 6.94. The van der Waals surface area contributed by atoms with Crippen LogP contribution in [-0.4, -0.2) is 40.1 Å². The highest BCUT2D eigenvalue weighted by molar-refractivity contribution is 5.89. The molecule has 0 bridgehead atoms. The van der Waals surface area contributed by atoms with Gasteiger partial charge in [-0.25, -0.2) is 4.79 Å². The molecule has 2 atom stereocenters. The van der Waals surface area contributed by atoms with Gasteiger partial charge in [0.1, 0.15) is 6.33 Å². The van der Waals surface area contributed by atoms with Crippen molar-refractivity contribution in [3.05, 3.63) is 30.6 Å². The Bertz CT molecular complexity index is 745. The number of urea groups is 1. The second kappa shape index (κ2) is 9.50. The van der Waals surface area contributed by atoms with Gasteiger partial charge in [0.2, 0.25) is 0 Å². The Kier molecular flexibility index (Phi) is 6.81. The number of carbonyl (C=O) groups is 1. The van der Waals surface area contributed by atoms with Crippen LogP contribution in [0.4, 0.5) is 10.5 Å². The highest BCUT2D eigenvalue weighted by Crippen LogP contribution is 2.26. The number of carbonyl (C=O) groups excluding carboxylic acids is 1. The number of amides is 2. The molecule has 1 saturated carbocycles. The molecule has 0 unspecified atom stereocenters. The molecule has 1 aromatic carbocycles. The van der Waals surface area contributed by atoms with E-state index in [9.17, 15) is 4.79 Å². The Morgan fingerprint density at radius 3 is 3.00 bits per heavy atom. The molecular formula is C20H29N5O2. The van der Waals surface area contributed by atoms with Crippen LogP contribution in [0, 0.1) is 5.92 Å². The molecule has 0 radical (unpaired) electrons. The monoisotopic (exact) mass is 371 g/mol. The normalized spacial score (nSPS) is 19.6. The number of hydrogen-bond donors (Lipinski definition) is 2. The number of hydrogen-bond acceptors (Lipinski definition) is 4. The van der Waals surface area contributed by atoms with Gasteiger partial charge in [0.25, 0.3) is 0 Å². The number of ether oxygens (including phenoxy) is 1. The molecule has 1 aliphatic carbocycles. The molecule has 0 saturated heterocycles. The number of rotatable bonds is 7. The van der Waals surface area contributed by atoms with Gasteiger partial charge < -0.3 is 19.9 Å². The standard InChI is InChI=1S/C20H29N5O2/c1-3-25-14-22-24-19(25)16-8-6-9-17(13-16)23-20(26)21-11-12-27-18-10-5-4-7-15(18)2/h6,8-9,13-15,18H,3-5,7,10-12H2,1-2H3,(H2,21,23,26)/t15-,18-/m1/s1. The first-order valence-corrected chi connectivity index (χ1v) is 9.82. The lowest BCUT2D eigenvalue weighted by atomic mass is 9.88. The number of benzene rings is 1. The number of nitrogens with zero attached hydrogens (tertiary/aromatic N) is 3. The maximum absolute atomic E-state index is 12.1. The minimum atomic E-state index is -0.232. The zero-order valence-electron chi connectivity index (χ0n) is 16.1. The van der Waals surface area contributed by atoms with Gasteiger partial charge in [0.05, 0.1) is 12.7 Å². The van der Waals surface area contributed by atoms with Crippen LogP contribution in [0.1, 0.15) is 39.5 Å². The van der Waals surface area contributed by atoms with E-state index in [1.165, 1.54) is 19.3 Å². The van der Waals surface area contributed by atoms with Crippen molar-refractivity contribution in [1.29, 1.82) is 0 Å². The summed E-state index contributed by atoms with van der Waals surface area (Å²) in [5.74, 6) is 1.40. The van der Waals surface area contributed by atoms with Gasteiger partial charge in [0, 0.05) is 24.3 Å². The molecule has 7 nitrogen and oxygen atoms in total. The maximum Gasteiger partial charge on any atom is 0.319 e. The first kappa shape index (κ1) is 19.4. The van der Waals surface area contributed by atoms with Crippen LogP contribution < -0.4 is 10.6 Å². The van der Waals surface area contributed by atoms with Crippen molar-refractivity contribution in [1.82, 2.24) is 20.1 Å². The van der Waals surface area contributed by atoms with Crippen LogP contribution in [0.15, 0.2) is 30.6 Å². The molecule has 7 heteroatoms. The van der Waals surface area contributed by atoms with Crippen LogP contribution in [0.25, 0.3) is 11.4 Å². The third-order valence-corrected chi connectivity index (χ3v) is 5.09. The molecule has 0 aliphatic heterocycles. The zero-order chi connectivity index (χ0) is 19.1. The van der Waals surface area contributed by atoms with E-state index in [1.807, 2.05) is 35.8 Å². The quantitative estimate of drug-likeness (QED) is 0.728. The van der Waals surface area contributed by atoms with Gasteiger partial charge in [-0.2, -0.15) is 0 Å². The van der Waals surface area contributed by atoms with Crippen molar-refractivity contribution in [2.24, 2.45) is 5.92 Å². The van der Waals surface area contributed by atoms with E-state index >= 15 is 0 Å². The molecule has 3 rings (SSSR count). The summed E-state index contributed by atoms with van der Waals surface area (Å²) in [4.78, 5) is 12.1. The van der Waals surface area contributed by atoms with E-state index in [1.54, 1.807) is 6.33 Å². The van der Waals surface area contributed by atoms with Crippen molar-refractivity contribution < 1.29 is 9.53 Å². The zero-order valence-corrected chi connectivity index (χ0v) is 16.1. The van der Waals surface area contributed by atoms with Crippen LogP contribution in [0.5, 0.6) is 0 Å². The van der Waals surface area contributed by atoms with E-state index in [2.05, 4.69) is 27.8 Å². The summed E-state index contributed by atoms with van der Waals surface area (Å²) in [5.41, 5.74) is 1.64. The molecule has 2 aromatic rings. The summed E-state index contributed by atoms with van der Waals surface area (Å²) in [6, 6.07) is 7.38. The third kappa shape index (κ3) is 5.29. The minimum Gasteiger partial charge on any atom is -0.376 e. The lowest BCUT2D eigenvalue weighted by Gasteiger charge is -2.28. The fraction of sp³-hybridized carbons (Fsp3) is 0.550. The molecule has 1 aromatic heterocycles. The summed E-state index contributed by atoms with van der Waals surface area (Å²) < 4.78 is 7.89. The van der Waals surface area contributed by atoms with Gasteiger partial charge in [-0.05, 0) is 37.8 Å². The highest BCUT2D eigenvalue weighted by atomic mass is 16.5.